The summed E-state index contributed by atoms with van der Waals surface area (Å²) in [5.74, 6) is 0.704. The zero-order valence-electron chi connectivity index (χ0n) is 28.2. The summed E-state index contributed by atoms with van der Waals surface area (Å²) in [5.41, 5.74) is 14.0. The van der Waals surface area contributed by atoms with Gasteiger partial charge in [0.15, 0.2) is 5.82 Å². The molecule has 3 aromatic heterocycles. The van der Waals surface area contributed by atoms with Crippen molar-refractivity contribution in [1.82, 2.24) is 14.5 Å². The predicted octanol–water partition coefficient (Wildman–Crippen LogP) is 12.3. The first-order chi connectivity index (χ1) is 25.1. The molecule has 1 aliphatic carbocycles. The van der Waals surface area contributed by atoms with Crippen LogP contribution in [0.1, 0.15) is 25.0 Å². The van der Waals surface area contributed by atoms with Crippen molar-refractivity contribution in [3.05, 3.63) is 163 Å². The Morgan fingerprint density at radius 2 is 1.29 bits per heavy atom. The third-order valence-corrected chi connectivity index (χ3v) is 10.9. The highest BCUT2D eigenvalue weighted by Crippen LogP contribution is 2.57. The Balaban J connectivity index is 1.27. The molecule has 0 fully saturated rings. The lowest BCUT2D eigenvalue weighted by Gasteiger charge is -2.22. The van der Waals surface area contributed by atoms with Gasteiger partial charge in [0.05, 0.1) is 22.2 Å². The molecule has 51 heavy (non-hydrogen) atoms. The number of rotatable bonds is 3. The highest BCUT2D eigenvalue weighted by molar-refractivity contribution is 6.32. The van der Waals surface area contributed by atoms with Gasteiger partial charge in [0.2, 0.25) is 0 Å². The fraction of sp³-hybridized carbons (Fsp3) is 0.0638. The molecule has 0 radical (unpaired) electrons. The first-order valence-electron chi connectivity index (χ1n) is 17.5. The Labute approximate surface area is 294 Å². The summed E-state index contributed by atoms with van der Waals surface area (Å²) >= 11 is 0. The molecule has 0 spiro atoms. The summed E-state index contributed by atoms with van der Waals surface area (Å²) in [6, 6.07) is 53.6. The van der Waals surface area contributed by atoms with Crippen molar-refractivity contribution in [1.29, 1.82) is 0 Å². The van der Waals surface area contributed by atoms with E-state index in [0.717, 1.165) is 55.5 Å². The second kappa shape index (κ2) is 10.3. The van der Waals surface area contributed by atoms with E-state index < -0.39 is 0 Å². The molecule has 0 saturated carbocycles. The lowest BCUT2D eigenvalue weighted by atomic mass is 9.81. The molecule has 0 atom stereocenters. The van der Waals surface area contributed by atoms with Crippen molar-refractivity contribution >= 4 is 54.6 Å². The van der Waals surface area contributed by atoms with E-state index in [-0.39, 0.29) is 5.41 Å². The Morgan fingerprint density at radius 3 is 2.18 bits per heavy atom. The van der Waals surface area contributed by atoms with Crippen LogP contribution < -0.4 is 0 Å². The van der Waals surface area contributed by atoms with Gasteiger partial charge >= 0.3 is 0 Å². The number of benzene rings is 7. The molecule has 7 aromatic carbocycles. The lowest BCUT2D eigenvalue weighted by molar-refractivity contribution is 0.620. The molecule has 1 aliphatic rings. The van der Waals surface area contributed by atoms with Crippen molar-refractivity contribution in [3.8, 4) is 39.5 Å². The van der Waals surface area contributed by atoms with Crippen LogP contribution in [-0.2, 0) is 5.41 Å². The summed E-state index contributed by atoms with van der Waals surface area (Å²) < 4.78 is 9.33. The lowest BCUT2D eigenvalue weighted by Crippen LogP contribution is -2.15. The molecule has 4 nitrogen and oxygen atoms in total. The Hall–Kier alpha value is -6.52. The van der Waals surface area contributed by atoms with Gasteiger partial charge in [0.25, 0.3) is 0 Å². The Morgan fingerprint density at radius 1 is 0.588 bits per heavy atom. The van der Waals surface area contributed by atoms with E-state index >= 15 is 0 Å². The van der Waals surface area contributed by atoms with Crippen LogP contribution in [-0.4, -0.2) is 14.5 Å². The van der Waals surface area contributed by atoms with Gasteiger partial charge in [0, 0.05) is 60.3 Å². The van der Waals surface area contributed by atoms with Gasteiger partial charge in [-0.1, -0.05) is 135 Å². The molecular formula is C47H31N3O. The van der Waals surface area contributed by atoms with Gasteiger partial charge in [-0.25, -0.2) is 9.97 Å². The average molecular weight is 654 g/mol. The topological polar surface area (TPSA) is 43.9 Å². The van der Waals surface area contributed by atoms with Crippen LogP contribution >= 0.6 is 0 Å². The van der Waals surface area contributed by atoms with E-state index in [4.69, 9.17) is 14.4 Å². The average Bonchev–Trinajstić information content (AvgIpc) is 3.80. The summed E-state index contributed by atoms with van der Waals surface area (Å²) in [6.07, 6.45) is 0. The molecule has 3 heterocycles. The SMILES string of the molecule is CC1(C)c2ccccc2-c2c1c1oc3ccccc3c1c1c3ccccc3n(-c3cccc(-c4nc(-c5ccccc5)c5ccccc5n4)c3)c21. The zero-order valence-corrected chi connectivity index (χ0v) is 28.2. The molecule has 10 aromatic rings. The van der Waals surface area contributed by atoms with Crippen molar-refractivity contribution in [3.63, 3.8) is 0 Å². The van der Waals surface area contributed by atoms with Gasteiger partial charge in [0.1, 0.15) is 11.2 Å². The monoisotopic (exact) mass is 653 g/mol. The highest BCUT2D eigenvalue weighted by atomic mass is 16.3. The quantitative estimate of drug-likeness (QED) is 0.191. The van der Waals surface area contributed by atoms with Crippen molar-refractivity contribution in [2.45, 2.75) is 19.3 Å². The highest BCUT2D eigenvalue weighted by Gasteiger charge is 2.41. The molecule has 0 amide bonds. The number of nitrogens with zero attached hydrogens (tertiary/aromatic N) is 3. The maximum atomic E-state index is 6.87. The van der Waals surface area contributed by atoms with E-state index in [1.807, 2.05) is 12.1 Å². The first kappa shape index (κ1) is 28.3. The van der Waals surface area contributed by atoms with Crippen molar-refractivity contribution in [2.75, 3.05) is 0 Å². The normalized spacial score (nSPS) is 13.5. The van der Waals surface area contributed by atoms with Crippen LogP contribution in [0.25, 0.3) is 94.1 Å². The van der Waals surface area contributed by atoms with Gasteiger partial charge in [-0.3, -0.25) is 0 Å². The third-order valence-electron chi connectivity index (χ3n) is 10.9. The number of hydrogen-bond donors (Lipinski definition) is 0. The molecule has 240 valence electrons. The molecule has 0 N–H and O–H groups in total. The smallest absolute Gasteiger partial charge is 0.160 e. The second-order valence-corrected chi connectivity index (χ2v) is 14.1. The van der Waals surface area contributed by atoms with E-state index in [1.165, 1.54) is 43.9 Å². The van der Waals surface area contributed by atoms with Gasteiger partial charge in [-0.05, 0) is 41.5 Å². The Bertz CT molecular complexity index is 3060. The predicted molar refractivity (Wildman–Crippen MR) is 210 cm³/mol. The molecule has 0 saturated heterocycles. The first-order valence-corrected chi connectivity index (χ1v) is 17.5. The van der Waals surface area contributed by atoms with Crippen LogP contribution in [0.5, 0.6) is 0 Å². The van der Waals surface area contributed by atoms with Crippen LogP contribution in [0.3, 0.4) is 0 Å². The minimum atomic E-state index is -0.262. The van der Waals surface area contributed by atoms with Gasteiger partial charge in [-0.2, -0.15) is 0 Å². The molecule has 0 unspecified atom stereocenters. The van der Waals surface area contributed by atoms with Gasteiger partial charge in [-0.15, -0.1) is 0 Å². The zero-order chi connectivity index (χ0) is 33.8. The summed E-state index contributed by atoms with van der Waals surface area (Å²) in [6.45, 7) is 4.68. The molecule has 4 heteroatoms. The minimum Gasteiger partial charge on any atom is -0.456 e. The molecule has 0 bridgehead atoms. The van der Waals surface area contributed by atoms with Crippen LogP contribution in [0.4, 0.5) is 0 Å². The summed E-state index contributed by atoms with van der Waals surface area (Å²) in [7, 11) is 0. The van der Waals surface area contributed by atoms with Crippen LogP contribution in [0.15, 0.2) is 156 Å². The van der Waals surface area contributed by atoms with E-state index in [2.05, 4.69) is 158 Å². The molecule has 0 aliphatic heterocycles. The molecule has 11 rings (SSSR count). The maximum Gasteiger partial charge on any atom is 0.160 e. The summed E-state index contributed by atoms with van der Waals surface area (Å²) in [4.78, 5) is 10.4. The fourth-order valence-corrected chi connectivity index (χ4v) is 8.74. The standard InChI is InChI=1S/C47H31N3O/c1-47(2)35-23-10-6-19-31(35)41-42(47)45-40(34-22-9-13-26-38(34)51-45)39-33-21-8-12-25-37(33)50(44(39)41)30-18-14-17-29(27-30)46-48-36-24-11-7-20-32(36)43(49-46)28-15-4-3-5-16-28/h3-27H,1-2H3. The van der Waals surface area contributed by atoms with Crippen molar-refractivity contribution in [2.24, 2.45) is 0 Å². The van der Waals surface area contributed by atoms with Crippen molar-refractivity contribution < 1.29 is 4.42 Å². The van der Waals surface area contributed by atoms with E-state index in [0.29, 0.717) is 5.82 Å². The number of aromatic nitrogens is 3. The second-order valence-electron chi connectivity index (χ2n) is 14.1. The number of para-hydroxylation sites is 3. The van der Waals surface area contributed by atoms with Crippen LogP contribution in [0.2, 0.25) is 0 Å². The fourth-order valence-electron chi connectivity index (χ4n) is 8.74. The van der Waals surface area contributed by atoms with E-state index in [1.54, 1.807) is 0 Å². The Kier molecular flexibility index (Phi) is 5.70. The molecular weight excluding hydrogens is 623 g/mol. The van der Waals surface area contributed by atoms with E-state index in [9.17, 15) is 0 Å². The largest absolute Gasteiger partial charge is 0.456 e. The summed E-state index contributed by atoms with van der Waals surface area (Å²) in [5, 5.41) is 5.78. The number of hydrogen-bond acceptors (Lipinski definition) is 3. The van der Waals surface area contributed by atoms with Gasteiger partial charge < -0.3 is 8.98 Å². The van der Waals surface area contributed by atoms with Crippen LogP contribution in [0, 0.1) is 0 Å². The number of fused-ring (bicyclic) bond motifs is 13. The number of furan rings is 1. The minimum absolute atomic E-state index is 0.262. The third kappa shape index (κ3) is 3.85. The maximum absolute atomic E-state index is 6.87.